The molecule has 0 spiro atoms. The minimum absolute atomic E-state index is 0.148. The number of ether oxygens (including phenoxy) is 1. The van der Waals surface area contributed by atoms with Gasteiger partial charge in [0.1, 0.15) is 5.82 Å². The maximum atomic E-state index is 13.0. The van der Waals surface area contributed by atoms with Crippen molar-refractivity contribution in [2.45, 2.75) is 32.2 Å². The lowest BCUT2D eigenvalue weighted by atomic mass is 10.1. The quantitative estimate of drug-likeness (QED) is 0.671. The fraction of sp³-hybridized carbons (Fsp3) is 0.714. The van der Waals surface area contributed by atoms with Crippen LogP contribution < -0.4 is 0 Å². The Bertz CT molecular complexity index is 531. The van der Waals surface area contributed by atoms with Crippen molar-refractivity contribution in [1.29, 1.82) is 0 Å². The van der Waals surface area contributed by atoms with Gasteiger partial charge in [-0.3, -0.25) is 4.90 Å². The zero-order chi connectivity index (χ0) is 17.1. The minimum atomic E-state index is -0.148. The van der Waals surface area contributed by atoms with Gasteiger partial charge in [0.25, 0.3) is 0 Å². The molecule has 3 aliphatic rings. The number of halogens is 1. The highest BCUT2D eigenvalue weighted by Crippen LogP contribution is 2.51. The fourth-order valence-electron chi connectivity index (χ4n) is 4.75. The summed E-state index contributed by atoms with van der Waals surface area (Å²) < 4.78 is 18.9. The first-order valence-corrected chi connectivity index (χ1v) is 10.1. The Labute approximate surface area is 151 Å². The molecule has 2 atom stereocenters. The van der Waals surface area contributed by atoms with Gasteiger partial charge in [0.15, 0.2) is 0 Å². The second kappa shape index (κ2) is 8.15. The van der Waals surface area contributed by atoms with Crippen LogP contribution in [0, 0.1) is 23.6 Å². The first kappa shape index (κ1) is 17.4. The van der Waals surface area contributed by atoms with Crippen LogP contribution in [0.5, 0.6) is 0 Å². The van der Waals surface area contributed by atoms with Crippen molar-refractivity contribution in [2.75, 3.05) is 45.9 Å². The number of hydrogen-bond donors (Lipinski definition) is 0. The molecule has 0 amide bonds. The van der Waals surface area contributed by atoms with Gasteiger partial charge in [-0.15, -0.1) is 0 Å². The highest BCUT2D eigenvalue weighted by molar-refractivity contribution is 5.17. The smallest absolute Gasteiger partial charge is 0.123 e. The standard InChI is InChI=1S/C21H31FN2O/c22-18-7-5-17(6-8-18)13-24-14-19-20(15-24)21(19)16-25-12-4-11-23-9-2-1-3-10-23/h5-8,19-21H,1-4,9-16H2. The summed E-state index contributed by atoms with van der Waals surface area (Å²) in [6, 6.07) is 6.93. The molecule has 3 fully saturated rings. The van der Waals surface area contributed by atoms with Crippen molar-refractivity contribution in [2.24, 2.45) is 17.8 Å². The molecule has 0 bridgehead atoms. The maximum absolute atomic E-state index is 13.0. The van der Waals surface area contributed by atoms with Gasteiger partial charge in [-0.2, -0.15) is 0 Å². The number of benzene rings is 1. The van der Waals surface area contributed by atoms with Gasteiger partial charge < -0.3 is 9.64 Å². The first-order valence-electron chi connectivity index (χ1n) is 10.1. The molecule has 2 heterocycles. The van der Waals surface area contributed by atoms with Gasteiger partial charge in [-0.1, -0.05) is 18.6 Å². The van der Waals surface area contributed by atoms with E-state index in [-0.39, 0.29) is 5.82 Å². The van der Waals surface area contributed by atoms with Gasteiger partial charge >= 0.3 is 0 Å². The van der Waals surface area contributed by atoms with Gasteiger partial charge in [-0.25, -0.2) is 4.39 Å². The van der Waals surface area contributed by atoms with E-state index in [1.54, 1.807) is 12.1 Å². The Morgan fingerprint density at radius 2 is 1.68 bits per heavy atom. The number of fused-ring (bicyclic) bond motifs is 1. The number of hydrogen-bond acceptors (Lipinski definition) is 3. The van der Waals surface area contributed by atoms with E-state index in [9.17, 15) is 4.39 Å². The average Bonchev–Trinajstić information content (AvgIpc) is 3.09. The molecular weight excluding hydrogens is 315 g/mol. The molecule has 0 N–H and O–H groups in total. The van der Waals surface area contributed by atoms with Crippen molar-refractivity contribution < 1.29 is 9.13 Å². The van der Waals surface area contributed by atoms with Crippen LogP contribution in [0.4, 0.5) is 4.39 Å². The molecule has 1 saturated carbocycles. The largest absolute Gasteiger partial charge is 0.381 e. The van der Waals surface area contributed by atoms with E-state index in [1.807, 2.05) is 12.1 Å². The molecule has 4 rings (SSSR count). The van der Waals surface area contributed by atoms with E-state index < -0.39 is 0 Å². The molecule has 2 aliphatic heterocycles. The molecule has 1 aromatic carbocycles. The third kappa shape index (κ3) is 4.60. The van der Waals surface area contributed by atoms with Crippen molar-refractivity contribution >= 4 is 0 Å². The molecule has 1 aromatic rings. The Hall–Kier alpha value is -0.970. The van der Waals surface area contributed by atoms with E-state index in [1.165, 1.54) is 64.0 Å². The number of piperidine rings is 2. The molecule has 0 radical (unpaired) electrons. The van der Waals surface area contributed by atoms with E-state index >= 15 is 0 Å². The molecule has 2 unspecified atom stereocenters. The lowest BCUT2D eigenvalue weighted by Crippen LogP contribution is -2.31. The van der Waals surface area contributed by atoms with Crippen molar-refractivity contribution in [3.05, 3.63) is 35.6 Å². The van der Waals surface area contributed by atoms with Crippen molar-refractivity contribution in [3.63, 3.8) is 0 Å². The Morgan fingerprint density at radius 3 is 2.40 bits per heavy atom. The van der Waals surface area contributed by atoms with Crippen LogP contribution in [-0.4, -0.2) is 55.7 Å². The number of nitrogens with zero attached hydrogens (tertiary/aromatic N) is 2. The zero-order valence-electron chi connectivity index (χ0n) is 15.2. The fourth-order valence-corrected chi connectivity index (χ4v) is 4.75. The summed E-state index contributed by atoms with van der Waals surface area (Å²) in [5, 5.41) is 0. The summed E-state index contributed by atoms with van der Waals surface area (Å²) in [6.45, 7) is 8.99. The maximum Gasteiger partial charge on any atom is 0.123 e. The molecule has 1 aliphatic carbocycles. The third-order valence-electron chi connectivity index (χ3n) is 6.29. The van der Waals surface area contributed by atoms with Crippen LogP contribution in [0.25, 0.3) is 0 Å². The summed E-state index contributed by atoms with van der Waals surface area (Å²) in [4.78, 5) is 5.10. The van der Waals surface area contributed by atoms with Crippen LogP contribution in [-0.2, 0) is 11.3 Å². The number of likely N-dealkylation sites (tertiary alicyclic amines) is 2. The highest BCUT2D eigenvalue weighted by Gasteiger charge is 2.55. The molecule has 3 nitrogen and oxygen atoms in total. The predicted molar refractivity (Wildman–Crippen MR) is 97.9 cm³/mol. The Kier molecular flexibility index (Phi) is 5.69. The summed E-state index contributed by atoms with van der Waals surface area (Å²) in [5.41, 5.74) is 1.22. The van der Waals surface area contributed by atoms with E-state index in [4.69, 9.17) is 4.74 Å². The molecule has 2 saturated heterocycles. The zero-order valence-corrected chi connectivity index (χ0v) is 15.2. The average molecular weight is 346 g/mol. The lowest BCUT2D eigenvalue weighted by Gasteiger charge is -2.26. The highest BCUT2D eigenvalue weighted by atomic mass is 19.1. The van der Waals surface area contributed by atoms with E-state index in [0.29, 0.717) is 0 Å². The van der Waals surface area contributed by atoms with Gasteiger partial charge in [0.2, 0.25) is 0 Å². The van der Waals surface area contributed by atoms with Gasteiger partial charge in [-0.05, 0) is 67.8 Å². The second-order valence-electron chi connectivity index (χ2n) is 8.14. The molecule has 4 heteroatoms. The Balaban J connectivity index is 1.07. The van der Waals surface area contributed by atoms with E-state index in [0.717, 1.165) is 37.5 Å². The SMILES string of the molecule is Fc1ccc(CN2CC3C(COCCCN4CCCCC4)C3C2)cc1. The van der Waals surface area contributed by atoms with Crippen molar-refractivity contribution in [1.82, 2.24) is 9.80 Å². The molecule has 138 valence electrons. The molecule has 25 heavy (non-hydrogen) atoms. The van der Waals surface area contributed by atoms with E-state index in [2.05, 4.69) is 9.80 Å². The van der Waals surface area contributed by atoms with Crippen LogP contribution in [0.2, 0.25) is 0 Å². The summed E-state index contributed by atoms with van der Waals surface area (Å²) in [7, 11) is 0. The molecular formula is C21H31FN2O. The normalized spacial score (nSPS) is 29.7. The topological polar surface area (TPSA) is 15.7 Å². The van der Waals surface area contributed by atoms with Crippen molar-refractivity contribution in [3.8, 4) is 0 Å². The van der Waals surface area contributed by atoms with Gasteiger partial charge in [0.05, 0.1) is 6.61 Å². The summed E-state index contributed by atoms with van der Waals surface area (Å²) in [6.07, 6.45) is 5.34. The van der Waals surface area contributed by atoms with Crippen LogP contribution in [0.3, 0.4) is 0 Å². The first-order chi connectivity index (χ1) is 12.3. The summed E-state index contributed by atoms with van der Waals surface area (Å²) >= 11 is 0. The second-order valence-corrected chi connectivity index (χ2v) is 8.14. The summed E-state index contributed by atoms with van der Waals surface area (Å²) in [5.74, 6) is 2.31. The molecule has 0 aromatic heterocycles. The lowest BCUT2D eigenvalue weighted by molar-refractivity contribution is 0.0967. The predicted octanol–water partition coefficient (Wildman–Crippen LogP) is 3.40. The van der Waals surface area contributed by atoms with Gasteiger partial charge in [0, 0.05) is 32.8 Å². The monoisotopic (exact) mass is 346 g/mol. The van der Waals surface area contributed by atoms with Crippen LogP contribution in [0.1, 0.15) is 31.2 Å². The van der Waals surface area contributed by atoms with Crippen LogP contribution >= 0.6 is 0 Å². The Morgan fingerprint density at radius 1 is 0.960 bits per heavy atom. The minimum Gasteiger partial charge on any atom is -0.381 e. The van der Waals surface area contributed by atoms with Crippen LogP contribution in [0.15, 0.2) is 24.3 Å². The number of rotatable bonds is 8. The third-order valence-corrected chi connectivity index (χ3v) is 6.29.